The zero-order chi connectivity index (χ0) is 24.5. The minimum absolute atomic E-state index is 0.121. The number of carbonyl (C=O) groups excluding carboxylic acids is 1. The third-order valence-corrected chi connectivity index (χ3v) is 5.66. The van der Waals surface area contributed by atoms with Crippen molar-refractivity contribution in [2.75, 3.05) is 5.32 Å². The number of furan rings is 1. The molecule has 0 aliphatic carbocycles. The summed E-state index contributed by atoms with van der Waals surface area (Å²) in [7, 11) is 0. The number of fused-ring (bicyclic) bond motifs is 1. The first-order chi connectivity index (χ1) is 16.9. The summed E-state index contributed by atoms with van der Waals surface area (Å²) < 4.78 is 39.2. The van der Waals surface area contributed by atoms with Crippen LogP contribution in [0.4, 0.5) is 14.5 Å². The monoisotopic (exact) mass is 495 g/mol. The average Bonchev–Trinajstić information content (AvgIpc) is 3.49. The summed E-state index contributed by atoms with van der Waals surface area (Å²) in [6.45, 7) is 1.79. The predicted molar refractivity (Wildman–Crippen MR) is 124 cm³/mol. The zero-order valence-electron chi connectivity index (χ0n) is 18.1. The minimum Gasteiger partial charge on any atom is -0.486 e. The van der Waals surface area contributed by atoms with Crippen LogP contribution >= 0.6 is 11.6 Å². The smallest absolute Gasteiger partial charge is 0.259 e. The van der Waals surface area contributed by atoms with Crippen molar-refractivity contribution in [2.45, 2.75) is 13.0 Å². The van der Waals surface area contributed by atoms with Gasteiger partial charge in [-0.25, -0.2) is 13.9 Å². The number of anilines is 1. The fourth-order valence-corrected chi connectivity index (χ4v) is 3.91. The lowest BCUT2D eigenvalue weighted by molar-refractivity contribution is 0.102. The van der Waals surface area contributed by atoms with E-state index in [0.29, 0.717) is 28.0 Å². The number of aromatic amines is 1. The highest BCUT2D eigenvalue weighted by atomic mass is 35.5. The summed E-state index contributed by atoms with van der Waals surface area (Å²) in [5.74, 6) is -0.834. The van der Waals surface area contributed by atoms with Crippen molar-refractivity contribution >= 4 is 34.2 Å². The van der Waals surface area contributed by atoms with E-state index >= 15 is 0 Å². The number of carbonyl (C=O) groups is 1. The van der Waals surface area contributed by atoms with E-state index in [1.54, 1.807) is 37.3 Å². The summed E-state index contributed by atoms with van der Waals surface area (Å²) in [5.41, 5.74) is 1.73. The molecule has 2 heterocycles. The van der Waals surface area contributed by atoms with Gasteiger partial charge in [0.05, 0.1) is 16.1 Å². The number of hydrogen-bond donors (Lipinski definition) is 2. The van der Waals surface area contributed by atoms with Crippen LogP contribution in [0.1, 0.15) is 28.9 Å². The van der Waals surface area contributed by atoms with Gasteiger partial charge >= 0.3 is 0 Å². The van der Waals surface area contributed by atoms with Gasteiger partial charge in [0.15, 0.2) is 5.82 Å². The van der Waals surface area contributed by atoms with Crippen molar-refractivity contribution in [3.05, 3.63) is 88.6 Å². The maximum atomic E-state index is 14.6. The Hall–Kier alpha value is -4.31. The largest absolute Gasteiger partial charge is 0.486 e. The Labute approximate surface area is 201 Å². The first-order valence-electron chi connectivity index (χ1n) is 10.4. The third-order valence-electron chi connectivity index (χ3n) is 5.33. The van der Waals surface area contributed by atoms with E-state index in [1.165, 1.54) is 30.5 Å². The molecular weight excluding hydrogens is 480 g/mol. The molecule has 8 nitrogen and oxygen atoms in total. The molecule has 0 fully saturated rings. The van der Waals surface area contributed by atoms with E-state index in [2.05, 4.69) is 25.9 Å². The van der Waals surface area contributed by atoms with Crippen molar-refractivity contribution in [3.8, 4) is 17.1 Å². The number of nitrogens with one attached hydrogen (secondary N) is 2. The number of amides is 1. The lowest BCUT2D eigenvalue weighted by atomic mass is 10.1. The van der Waals surface area contributed by atoms with E-state index in [9.17, 15) is 13.6 Å². The Balaban J connectivity index is 1.30. The Bertz CT molecular complexity index is 1520. The molecule has 0 saturated carbocycles. The minimum atomic E-state index is -0.608. The van der Waals surface area contributed by atoms with Crippen LogP contribution in [0.5, 0.6) is 5.75 Å². The number of aromatic nitrogens is 4. The standard InChI is InChI=1S/C24H16ClF2N5O3/c1-12(16-7-2-13(26)8-20(16)25)35-15-5-3-14(4-6-15)28-24(33)19-11-34-22-10-18(21(27)9-17(19)22)23-29-31-32-30-23/h2-12H,1H3,(H,28,33)(H,29,30,31,32)/t12-/m0/s1. The number of ether oxygens (including phenoxy) is 1. The lowest BCUT2D eigenvalue weighted by Gasteiger charge is -2.16. The Morgan fingerprint density at radius 2 is 1.94 bits per heavy atom. The molecule has 3 aromatic carbocycles. The normalized spacial score (nSPS) is 12.0. The number of nitrogens with zero attached hydrogens (tertiary/aromatic N) is 3. The quantitative estimate of drug-likeness (QED) is 0.302. The van der Waals surface area contributed by atoms with E-state index < -0.39 is 23.6 Å². The van der Waals surface area contributed by atoms with Crippen LogP contribution in [0, 0.1) is 11.6 Å². The molecule has 1 atom stereocenters. The van der Waals surface area contributed by atoms with Crippen LogP contribution in [-0.2, 0) is 0 Å². The second kappa shape index (κ2) is 9.15. The Kier molecular flexibility index (Phi) is 5.87. The van der Waals surface area contributed by atoms with Crippen LogP contribution in [0.15, 0.2) is 65.3 Å². The summed E-state index contributed by atoms with van der Waals surface area (Å²) in [5, 5.41) is 16.4. The van der Waals surface area contributed by atoms with Gasteiger partial charge in [-0.2, -0.15) is 0 Å². The molecule has 0 bridgehead atoms. The second-order valence-electron chi connectivity index (χ2n) is 7.63. The van der Waals surface area contributed by atoms with Gasteiger partial charge in [-0.3, -0.25) is 4.79 Å². The fraction of sp³-hybridized carbons (Fsp3) is 0.0833. The van der Waals surface area contributed by atoms with Crippen molar-refractivity contribution in [1.82, 2.24) is 20.6 Å². The first kappa shape index (κ1) is 22.5. The maximum Gasteiger partial charge on any atom is 0.259 e. The van der Waals surface area contributed by atoms with Gasteiger partial charge in [0.2, 0.25) is 0 Å². The molecule has 1 amide bonds. The van der Waals surface area contributed by atoms with Crippen LogP contribution in [0.25, 0.3) is 22.4 Å². The van der Waals surface area contributed by atoms with E-state index in [4.69, 9.17) is 20.8 Å². The Morgan fingerprint density at radius 1 is 1.14 bits per heavy atom. The Morgan fingerprint density at radius 3 is 2.66 bits per heavy atom. The molecule has 35 heavy (non-hydrogen) atoms. The molecule has 0 aliphatic rings. The summed E-state index contributed by atoms with van der Waals surface area (Å²) in [6, 6.07) is 13.4. The van der Waals surface area contributed by atoms with Crippen molar-refractivity contribution < 1.29 is 22.7 Å². The fourth-order valence-electron chi connectivity index (χ4n) is 3.59. The van der Waals surface area contributed by atoms with Crippen molar-refractivity contribution in [3.63, 3.8) is 0 Å². The second-order valence-corrected chi connectivity index (χ2v) is 8.04. The number of tetrazole rings is 1. The highest BCUT2D eigenvalue weighted by molar-refractivity contribution is 6.31. The summed E-state index contributed by atoms with van der Waals surface area (Å²) in [6.07, 6.45) is 0.835. The molecule has 176 valence electrons. The molecule has 0 spiro atoms. The van der Waals surface area contributed by atoms with Gasteiger partial charge < -0.3 is 14.5 Å². The van der Waals surface area contributed by atoms with Gasteiger partial charge in [0.1, 0.15) is 35.3 Å². The zero-order valence-corrected chi connectivity index (χ0v) is 18.8. The predicted octanol–water partition coefficient (Wildman–Crippen LogP) is 5.94. The SMILES string of the molecule is C[C@H](Oc1ccc(NC(=O)c2coc3cc(-c4nnn[nH]4)c(F)cc23)cc1)c1ccc(F)cc1Cl. The van der Waals surface area contributed by atoms with Gasteiger partial charge in [-0.1, -0.05) is 17.7 Å². The van der Waals surface area contributed by atoms with Gasteiger partial charge in [-0.05, 0) is 65.9 Å². The van der Waals surface area contributed by atoms with E-state index in [-0.39, 0.29) is 22.0 Å². The molecule has 5 rings (SSSR count). The van der Waals surface area contributed by atoms with Crippen LogP contribution in [-0.4, -0.2) is 26.5 Å². The number of benzene rings is 3. The molecule has 2 N–H and O–H groups in total. The summed E-state index contributed by atoms with van der Waals surface area (Å²) >= 11 is 6.10. The molecule has 2 aromatic heterocycles. The van der Waals surface area contributed by atoms with Gasteiger partial charge in [0, 0.05) is 16.6 Å². The molecule has 0 aliphatic heterocycles. The lowest BCUT2D eigenvalue weighted by Crippen LogP contribution is -2.11. The molecular formula is C24H16ClF2N5O3. The maximum absolute atomic E-state index is 14.6. The van der Waals surface area contributed by atoms with Crippen LogP contribution in [0.2, 0.25) is 5.02 Å². The van der Waals surface area contributed by atoms with E-state index in [0.717, 1.165) is 0 Å². The number of rotatable bonds is 6. The van der Waals surface area contributed by atoms with Crippen molar-refractivity contribution in [2.24, 2.45) is 0 Å². The van der Waals surface area contributed by atoms with Gasteiger partial charge in [-0.15, -0.1) is 5.10 Å². The summed E-state index contributed by atoms with van der Waals surface area (Å²) in [4.78, 5) is 12.8. The van der Waals surface area contributed by atoms with Crippen molar-refractivity contribution in [1.29, 1.82) is 0 Å². The molecule has 0 radical (unpaired) electrons. The highest BCUT2D eigenvalue weighted by Gasteiger charge is 2.19. The van der Waals surface area contributed by atoms with E-state index in [1.807, 2.05) is 0 Å². The van der Waals surface area contributed by atoms with Crippen LogP contribution in [0.3, 0.4) is 0 Å². The third kappa shape index (κ3) is 4.56. The first-order valence-corrected chi connectivity index (χ1v) is 10.7. The number of halogens is 3. The average molecular weight is 496 g/mol. The van der Waals surface area contributed by atoms with Gasteiger partial charge in [0.25, 0.3) is 5.91 Å². The molecule has 0 saturated heterocycles. The highest BCUT2D eigenvalue weighted by Crippen LogP contribution is 2.31. The van der Waals surface area contributed by atoms with Crippen LogP contribution < -0.4 is 10.1 Å². The molecule has 0 unspecified atom stereocenters. The molecule has 5 aromatic rings. The number of H-pyrrole nitrogens is 1. The topological polar surface area (TPSA) is 106 Å². The number of hydrogen-bond acceptors (Lipinski definition) is 6. The molecule has 11 heteroatoms.